The molecule has 1 N–H and O–H groups in total. The molecule has 4 heteroatoms. The molecule has 0 fully saturated rings. The molecule has 78 valence electrons. The summed E-state index contributed by atoms with van der Waals surface area (Å²) in [6.45, 7) is 3.89. The minimum atomic E-state index is 0.0999. The van der Waals surface area contributed by atoms with Gasteiger partial charge in [0.25, 0.3) is 0 Å². The number of nitrogens with one attached hydrogen (secondary N) is 1. The van der Waals surface area contributed by atoms with Crippen LogP contribution < -0.4 is 4.74 Å². The van der Waals surface area contributed by atoms with Gasteiger partial charge in [-0.15, -0.1) is 0 Å². The smallest absolute Gasteiger partial charge is 0.152 e. The van der Waals surface area contributed by atoms with Crippen molar-refractivity contribution < 1.29 is 9.53 Å². The number of ether oxygens (including phenoxy) is 1. The Morgan fingerprint density at radius 1 is 1.53 bits per heavy atom. The van der Waals surface area contributed by atoms with Gasteiger partial charge in [-0.3, -0.25) is 4.79 Å². The largest absolute Gasteiger partial charge is 0.489 e. The fourth-order valence-corrected chi connectivity index (χ4v) is 1.44. The first-order valence-corrected chi connectivity index (χ1v) is 4.79. The summed E-state index contributed by atoms with van der Waals surface area (Å²) in [6.07, 6.45) is 4.19. The molecule has 0 spiro atoms. The number of fused-ring (bicyclic) bond motifs is 1. The van der Waals surface area contributed by atoms with Gasteiger partial charge < -0.3 is 9.72 Å². The molecule has 0 radical (unpaired) electrons. The summed E-state index contributed by atoms with van der Waals surface area (Å²) < 4.78 is 5.50. The van der Waals surface area contributed by atoms with Crippen LogP contribution in [0.4, 0.5) is 0 Å². The van der Waals surface area contributed by atoms with Gasteiger partial charge in [0.15, 0.2) is 6.29 Å². The summed E-state index contributed by atoms with van der Waals surface area (Å²) >= 11 is 0. The number of aldehydes is 1. The van der Waals surface area contributed by atoms with E-state index in [1.54, 1.807) is 12.4 Å². The van der Waals surface area contributed by atoms with E-state index in [0.29, 0.717) is 17.0 Å². The van der Waals surface area contributed by atoms with Gasteiger partial charge in [0.05, 0.1) is 12.3 Å². The van der Waals surface area contributed by atoms with Crippen LogP contribution in [0.5, 0.6) is 5.75 Å². The van der Waals surface area contributed by atoms with Gasteiger partial charge >= 0.3 is 0 Å². The molecule has 0 aliphatic heterocycles. The highest BCUT2D eigenvalue weighted by molar-refractivity contribution is 5.96. The molecule has 0 saturated heterocycles. The average Bonchev–Trinajstić information content (AvgIpc) is 2.59. The van der Waals surface area contributed by atoms with E-state index in [9.17, 15) is 4.79 Å². The first-order valence-electron chi connectivity index (χ1n) is 4.79. The van der Waals surface area contributed by atoms with Crippen molar-refractivity contribution in [1.82, 2.24) is 9.97 Å². The lowest BCUT2D eigenvalue weighted by Crippen LogP contribution is -2.05. The second-order valence-corrected chi connectivity index (χ2v) is 3.60. The number of aromatic amines is 1. The number of carbonyl (C=O) groups is 1. The number of hydrogen-bond acceptors (Lipinski definition) is 3. The Labute approximate surface area is 87.3 Å². The monoisotopic (exact) mass is 204 g/mol. The van der Waals surface area contributed by atoms with E-state index < -0.39 is 0 Å². The molecule has 0 bridgehead atoms. The van der Waals surface area contributed by atoms with Gasteiger partial charge in [-0.25, -0.2) is 4.98 Å². The summed E-state index contributed by atoms with van der Waals surface area (Å²) in [5, 5.41) is 0.795. The van der Waals surface area contributed by atoms with Crippen LogP contribution in [-0.4, -0.2) is 22.4 Å². The summed E-state index contributed by atoms with van der Waals surface area (Å²) in [5.74, 6) is 0.681. The van der Waals surface area contributed by atoms with Crippen LogP contribution in [-0.2, 0) is 0 Å². The number of aromatic nitrogens is 2. The Balaban J connectivity index is 2.48. The Morgan fingerprint density at radius 2 is 2.33 bits per heavy atom. The molecular formula is C11H12N2O2. The van der Waals surface area contributed by atoms with Crippen LogP contribution in [0.15, 0.2) is 18.5 Å². The molecule has 2 rings (SSSR count). The molecule has 0 atom stereocenters. The van der Waals surface area contributed by atoms with Gasteiger partial charge in [-0.1, -0.05) is 0 Å². The van der Waals surface area contributed by atoms with Crippen LogP contribution in [0, 0.1) is 0 Å². The minimum Gasteiger partial charge on any atom is -0.489 e. The van der Waals surface area contributed by atoms with E-state index in [4.69, 9.17) is 4.74 Å². The molecule has 0 aromatic carbocycles. The van der Waals surface area contributed by atoms with Gasteiger partial charge in [0.1, 0.15) is 11.4 Å². The maximum absolute atomic E-state index is 10.7. The van der Waals surface area contributed by atoms with E-state index >= 15 is 0 Å². The third kappa shape index (κ3) is 1.83. The second-order valence-electron chi connectivity index (χ2n) is 3.60. The third-order valence-electron chi connectivity index (χ3n) is 2.04. The van der Waals surface area contributed by atoms with Crippen LogP contribution in [0.1, 0.15) is 24.2 Å². The maximum atomic E-state index is 10.7. The van der Waals surface area contributed by atoms with Crippen molar-refractivity contribution in [1.29, 1.82) is 0 Å². The molecule has 2 aromatic heterocycles. The van der Waals surface area contributed by atoms with Gasteiger partial charge in [-0.2, -0.15) is 0 Å². The number of H-pyrrole nitrogens is 1. The van der Waals surface area contributed by atoms with Crippen molar-refractivity contribution in [2.24, 2.45) is 0 Å². The zero-order valence-corrected chi connectivity index (χ0v) is 8.65. The van der Waals surface area contributed by atoms with E-state index in [0.717, 1.165) is 11.7 Å². The first-order chi connectivity index (χ1) is 7.20. The molecule has 0 amide bonds. The zero-order valence-electron chi connectivity index (χ0n) is 8.65. The van der Waals surface area contributed by atoms with Crippen LogP contribution >= 0.6 is 0 Å². The highest BCUT2D eigenvalue weighted by Crippen LogP contribution is 2.21. The fraction of sp³-hybridized carbons (Fsp3) is 0.273. The quantitative estimate of drug-likeness (QED) is 0.779. The lowest BCUT2D eigenvalue weighted by molar-refractivity contribution is 0.112. The minimum absolute atomic E-state index is 0.0999. The lowest BCUT2D eigenvalue weighted by atomic mass is 10.2. The molecule has 2 heterocycles. The van der Waals surface area contributed by atoms with Crippen molar-refractivity contribution in [2.75, 3.05) is 0 Å². The molecular weight excluding hydrogens is 192 g/mol. The van der Waals surface area contributed by atoms with E-state index in [1.165, 1.54) is 0 Å². The molecule has 15 heavy (non-hydrogen) atoms. The highest BCUT2D eigenvalue weighted by atomic mass is 16.5. The van der Waals surface area contributed by atoms with Crippen LogP contribution in [0.3, 0.4) is 0 Å². The molecule has 0 unspecified atom stereocenters. The number of pyridine rings is 1. The van der Waals surface area contributed by atoms with Gasteiger partial charge in [0.2, 0.25) is 0 Å². The summed E-state index contributed by atoms with van der Waals surface area (Å²) in [4.78, 5) is 17.8. The molecule has 0 saturated carbocycles. The average molecular weight is 204 g/mol. The number of carbonyl (C=O) groups excluding carboxylic acids is 1. The Kier molecular flexibility index (Phi) is 2.41. The topological polar surface area (TPSA) is 55.0 Å². The Hall–Kier alpha value is -1.84. The highest BCUT2D eigenvalue weighted by Gasteiger charge is 2.06. The van der Waals surface area contributed by atoms with Crippen molar-refractivity contribution in [3.8, 4) is 5.75 Å². The molecule has 4 nitrogen and oxygen atoms in total. The van der Waals surface area contributed by atoms with Crippen molar-refractivity contribution in [2.45, 2.75) is 20.0 Å². The van der Waals surface area contributed by atoms with E-state index in [-0.39, 0.29) is 6.10 Å². The lowest BCUT2D eigenvalue weighted by Gasteiger charge is -2.08. The van der Waals surface area contributed by atoms with Crippen LogP contribution in [0.2, 0.25) is 0 Å². The molecule has 2 aromatic rings. The SMILES string of the molecule is CC(C)Oc1cnc2[nH]cc(C=O)c2c1. The number of hydrogen-bond donors (Lipinski definition) is 1. The predicted molar refractivity (Wildman–Crippen MR) is 57.2 cm³/mol. The molecule has 0 aliphatic carbocycles. The Bertz CT molecular complexity index is 488. The standard InChI is InChI=1S/C11H12N2O2/c1-7(2)15-9-3-10-8(6-14)4-12-11(10)13-5-9/h3-7H,1-2H3,(H,12,13). The predicted octanol–water partition coefficient (Wildman–Crippen LogP) is 2.16. The normalized spacial score (nSPS) is 10.9. The third-order valence-corrected chi connectivity index (χ3v) is 2.04. The number of rotatable bonds is 3. The Morgan fingerprint density at radius 3 is 3.00 bits per heavy atom. The summed E-state index contributed by atoms with van der Waals surface area (Å²) in [5.41, 5.74) is 1.31. The van der Waals surface area contributed by atoms with Crippen LogP contribution in [0.25, 0.3) is 11.0 Å². The first kappa shape index (κ1) is 9.71. The van der Waals surface area contributed by atoms with Crippen molar-refractivity contribution in [3.05, 3.63) is 24.0 Å². The summed E-state index contributed by atoms with van der Waals surface area (Å²) in [6, 6.07) is 1.82. The molecule has 0 aliphatic rings. The van der Waals surface area contributed by atoms with E-state index in [2.05, 4.69) is 9.97 Å². The summed E-state index contributed by atoms with van der Waals surface area (Å²) in [7, 11) is 0. The number of nitrogens with zero attached hydrogens (tertiary/aromatic N) is 1. The van der Waals surface area contributed by atoms with Crippen molar-refractivity contribution >= 4 is 17.3 Å². The fourth-order valence-electron chi connectivity index (χ4n) is 1.44. The van der Waals surface area contributed by atoms with Gasteiger partial charge in [0, 0.05) is 17.1 Å². The maximum Gasteiger partial charge on any atom is 0.152 e. The van der Waals surface area contributed by atoms with E-state index in [1.807, 2.05) is 19.9 Å². The second kappa shape index (κ2) is 3.73. The zero-order chi connectivity index (χ0) is 10.8. The van der Waals surface area contributed by atoms with Crippen molar-refractivity contribution in [3.63, 3.8) is 0 Å². The van der Waals surface area contributed by atoms with Gasteiger partial charge in [-0.05, 0) is 19.9 Å².